The second kappa shape index (κ2) is 6.80. The first-order valence-electron chi connectivity index (χ1n) is 7.57. The number of alkyl halides is 3. The van der Waals surface area contributed by atoms with E-state index in [1.165, 1.54) is 12.1 Å². The topological polar surface area (TPSA) is 132 Å². The van der Waals surface area contributed by atoms with Crippen molar-refractivity contribution in [3.63, 3.8) is 0 Å². The Morgan fingerprint density at radius 2 is 2.04 bits per heavy atom. The van der Waals surface area contributed by atoms with Crippen LogP contribution in [-0.2, 0) is 10.0 Å². The lowest BCUT2D eigenvalue weighted by Gasteiger charge is -2.14. The van der Waals surface area contributed by atoms with Gasteiger partial charge >= 0.3 is 5.69 Å². The minimum Gasteiger partial charge on any atom is -0.305 e. The van der Waals surface area contributed by atoms with Crippen LogP contribution < -0.4 is 10.4 Å². The van der Waals surface area contributed by atoms with Gasteiger partial charge in [-0.3, -0.25) is 10.8 Å². The van der Waals surface area contributed by atoms with Gasteiger partial charge in [0.2, 0.25) is 10.0 Å². The number of imidazole rings is 1. The van der Waals surface area contributed by atoms with Gasteiger partial charge in [0.25, 0.3) is 6.43 Å². The average molecular weight is 421 g/mol. The van der Waals surface area contributed by atoms with Crippen LogP contribution in [0.3, 0.4) is 0 Å². The number of halogens is 3. The summed E-state index contributed by atoms with van der Waals surface area (Å²) in [6.45, 7) is -0.847. The Morgan fingerprint density at radius 1 is 1.37 bits per heavy atom. The van der Waals surface area contributed by atoms with Gasteiger partial charge in [0, 0.05) is 0 Å². The van der Waals surface area contributed by atoms with Gasteiger partial charge in [-0.2, -0.15) is 0 Å². The Bertz CT molecular complexity index is 1090. The molecule has 1 aliphatic carbocycles. The third-order valence-corrected chi connectivity index (χ3v) is 6.38. The summed E-state index contributed by atoms with van der Waals surface area (Å²) < 4.78 is 65.9. The minimum atomic E-state index is -4.09. The second-order valence-corrected chi connectivity index (χ2v) is 8.75. The number of nitrogens with zero attached hydrogens (tertiary/aromatic N) is 1. The number of rotatable bonds is 5. The molecule has 0 bridgehead atoms. The van der Waals surface area contributed by atoms with Crippen molar-refractivity contribution in [3.8, 4) is 0 Å². The summed E-state index contributed by atoms with van der Waals surface area (Å²) in [5, 5.41) is 13.1. The first kappa shape index (κ1) is 19.6. The van der Waals surface area contributed by atoms with Crippen molar-refractivity contribution in [1.82, 2.24) is 14.3 Å². The molecule has 0 saturated heterocycles. The van der Waals surface area contributed by atoms with Crippen LogP contribution in [0, 0.1) is 10.8 Å². The third-order valence-electron chi connectivity index (χ3n) is 4.03. The largest absolute Gasteiger partial charge is 0.332 e. The van der Waals surface area contributed by atoms with Gasteiger partial charge in [0.05, 0.1) is 21.5 Å². The van der Waals surface area contributed by atoms with E-state index >= 15 is 0 Å². The normalized spacial score (nSPS) is 16.0. The lowest BCUT2D eigenvalue weighted by molar-refractivity contribution is 0.228. The van der Waals surface area contributed by atoms with E-state index in [1.54, 1.807) is 0 Å². The lowest BCUT2D eigenvalue weighted by Crippen LogP contribution is -2.38. The van der Waals surface area contributed by atoms with Gasteiger partial charge in [0.1, 0.15) is 11.7 Å². The van der Waals surface area contributed by atoms with Crippen LogP contribution in [0.25, 0.3) is 11.0 Å². The third kappa shape index (κ3) is 3.80. The van der Waals surface area contributed by atoms with Crippen LogP contribution in [-0.4, -0.2) is 46.8 Å². The highest BCUT2D eigenvalue weighted by molar-refractivity contribution is 8.26. The van der Waals surface area contributed by atoms with Gasteiger partial charge in [-0.05, 0) is 42.8 Å². The van der Waals surface area contributed by atoms with Crippen LogP contribution in [0.2, 0.25) is 0 Å². The highest BCUT2D eigenvalue weighted by Gasteiger charge is 2.46. The summed E-state index contributed by atoms with van der Waals surface area (Å²) in [6, 6.07) is 3.58. The van der Waals surface area contributed by atoms with E-state index in [-0.39, 0.29) is 27.7 Å². The van der Waals surface area contributed by atoms with Crippen molar-refractivity contribution in [3.05, 3.63) is 28.7 Å². The average Bonchev–Trinajstić information content (AvgIpc) is 3.26. The Labute approximate surface area is 155 Å². The summed E-state index contributed by atoms with van der Waals surface area (Å²) >= 11 is 0.0763. The maximum absolute atomic E-state index is 13.0. The van der Waals surface area contributed by atoms with E-state index in [9.17, 15) is 26.4 Å². The van der Waals surface area contributed by atoms with E-state index in [0.717, 1.165) is 6.07 Å². The molecule has 1 fully saturated rings. The monoisotopic (exact) mass is 421 g/mol. The molecule has 1 saturated carbocycles. The number of fused-ring (bicyclic) bond motifs is 1. The Hall–Kier alpha value is -2.12. The molecule has 4 N–H and O–H groups in total. The Balaban J connectivity index is 2.01. The smallest absolute Gasteiger partial charge is 0.305 e. The van der Waals surface area contributed by atoms with Crippen LogP contribution in [0.15, 0.2) is 27.9 Å². The Morgan fingerprint density at radius 3 is 2.59 bits per heavy atom. The van der Waals surface area contributed by atoms with Crippen molar-refractivity contribution in [2.45, 2.75) is 29.7 Å². The number of aromatic nitrogens is 2. The standard InChI is InChI=1S/C14H14F3N5O3S2/c15-6-14(3-4-14)21-27(24,25)7-1-2-8-9(5-7)22(13(23)20-8)12(19)26-11(18)10(16)17/h1-2,5,10,18-19,21H,3-4,6H2,(H,20,23). The first-order chi connectivity index (χ1) is 12.6. The minimum absolute atomic E-state index is 0.0347. The molecule has 0 radical (unpaired) electrons. The molecule has 27 heavy (non-hydrogen) atoms. The van der Waals surface area contributed by atoms with Gasteiger partial charge < -0.3 is 4.98 Å². The molecule has 0 unspecified atom stereocenters. The SMILES string of the molecule is N=C(SC(=N)n1c(=O)[nH]c2ccc(S(=O)(=O)NC3(CF)CC3)cc21)C(F)F. The highest BCUT2D eigenvalue weighted by Crippen LogP contribution is 2.37. The van der Waals surface area contributed by atoms with E-state index in [0.29, 0.717) is 17.4 Å². The molecular formula is C14H14F3N5O3S2. The number of benzene rings is 1. The number of hydrogen-bond donors (Lipinski definition) is 4. The maximum Gasteiger partial charge on any atom is 0.332 e. The van der Waals surface area contributed by atoms with E-state index in [2.05, 4.69) is 9.71 Å². The molecule has 1 heterocycles. The second-order valence-electron chi connectivity index (χ2n) is 6.04. The molecule has 0 amide bonds. The molecule has 8 nitrogen and oxygen atoms in total. The fourth-order valence-corrected chi connectivity index (χ4v) is 4.43. The van der Waals surface area contributed by atoms with E-state index in [4.69, 9.17) is 10.8 Å². The van der Waals surface area contributed by atoms with E-state index in [1.807, 2.05) is 0 Å². The predicted octanol–water partition coefficient (Wildman–Crippen LogP) is 1.87. The molecule has 0 aliphatic heterocycles. The highest BCUT2D eigenvalue weighted by atomic mass is 32.2. The van der Waals surface area contributed by atoms with Crippen molar-refractivity contribution >= 4 is 43.0 Å². The summed E-state index contributed by atoms with van der Waals surface area (Å²) in [5.74, 6) is 0. The number of thioether (sulfide) groups is 1. The molecule has 0 atom stereocenters. The zero-order valence-corrected chi connectivity index (χ0v) is 15.2. The summed E-state index contributed by atoms with van der Waals surface area (Å²) in [5.41, 5.74) is -1.80. The first-order valence-corrected chi connectivity index (χ1v) is 9.87. The van der Waals surface area contributed by atoms with Crippen molar-refractivity contribution in [2.75, 3.05) is 6.67 Å². The quantitative estimate of drug-likeness (QED) is 0.433. The zero-order chi connectivity index (χ0) is 20.0. The van der Waals surface area contributed by atoms with Crippen LogP contribution in [0.5, 0.6) is 0 Å². The molecule has 3 rings (SSSR count). The zero-order valence-electron chi connectivity index (χ0n) is 13.6. The molecule has 146 valence electrons. The number of H-pyrrole nitrogens is 1. The maximum atomic E-state index is 13.0. The van der Waals surface area contributed by atoms with Gasteiger partial charge in [-0.15, -0.1) is 0 Å². The summed E-state index contributed by atoms with van der Waals surface area (Å²) in [7, 11) is -4.09. The fourth-order valence-electron chi connectivity index (χ4n) is 2.40. The Kier molecular flexibility index (Phi) is 4.94. The number of nitrogens with one attached hydrogen (secondary N) is 4. The molecule has 2 aromatic rings. The summed E-state index contributed by atoms with van der Waals surface area (Å²) in [6.07, 6.45) is -2.36. The van der Waals surface area contributed by atoms with Gasteiger partial charge in [0.15, 0.2) is 5.17 Å². The summed E-state index contributed by atoms with van der Waals surface area (Å²) in [4.78, 5) is 14.2. The van der Waals surface area contributed by atoms with Crippen LogP contribution in [0.1, 0.15) is 12.8 Å². The molecule has 13 heteroatoms. The van der Waals surface area contributed by atoms with E-state index < -0.39 is 44.6 Å². The fraction of sp³-hybridized carbons (Fsp3) is 0.357. The molecule has 1 aromatic heterocycles. The lowest BCUT2D eigenvalue weighted by atomic mass is 10.3. The van der Waals surface area contributed by atoms with Crippen molar-refractivity contribution in [1.29, 1.82) is 10.8 Å². The molecule has 1 aromatic carbocycles. The molecular weight excluding hydrogens is 407 g/mol. The van der Waals surface area contributed by atoms with Crippen molar-refractivity contribution < 1.29 is 21.6 Å². The van der Waals surface area contributed by atoms with Crippen molar-refractivity contribution in [2.24, 2.45) is 0 Å². The number of aromatic amines is 1. The predicted molar refractivity (Wildman–Crippen MR) is 95.3 cm³/mol. The van der Waals surface area contributed by atoms with Crippen LogP contribution >= 0.6 is 11.8 Å². The van der Waals surface area contributed by atoms with Crippen LogP contribution in [0.4, 0.5) is 13.2 Å². The number of sulfonamides is 1. The molecule has 1 aliphatic rings. The number of hydrogen-bond acceptors (Lipinski definition) is 6. The molecule has 0 spiro atoms. The van der Waals surface area contributed by atoms with Gasteiger partial charge in [-0.25, -0.2) is 35.7 Å². The van der Waals surface area contributed by atoms with Gasteiger partial charge in [-0.1, -0.05) is 0 Å².